The maximum absolute atomic E-state index is 11.4. The smallest absolute Gasteiger partial charge is 0.258 e. The SMILES string of the molecule is CCC(C)NC(=O)COc1ccc(C)cc1. The fourth-order valence-electron chi connectivity index (χ4n) is 1.20. The van der Waals surface area contributed by atoms with E-state index in [9.17, 15) is 4.79 Å². The third-order valence-corrected chi connectivity index (χ3v) is 2.41. The van der Waals surface area contributed by atoms with Crippen molar-refractivity contribution in [1.82, 2.24) is 5.32 Å². The van der Waals surface area contributed by atoms with Gasteiger partial charge in [0.15, 0.2) is 6.61 Å². The number of nitrogens with one attached hydrogen (secondary N) is 1. The molecule has 0 aromatic heterocycles. The lowest BCUT2D eigenvalue weighted by Gasteiger charge is -2.12. The van der Waals surface area contributed by atoms with Crippen molar-refractivity contribution in [3.63, 3.8) is 0 Å². The second kappa shape index (κ2) is 6.16. The van der Waals surface area contributed by atoms with Crippen molar-refractivity contribution in [3.8, 4) is 5.75 Å². The normalized spacial score (nSPS) is 11.9. The van der Waals surface area contributed by atoms with Gasteiger partial charge in [0.1, 0.15) is 5.75 Å². The summed E-state index contributed by atoms with van der Waals surface area (Å²) in [5, 5.41) is 2.85. The van der Waals surface area contributed by atoms with E-state index < -0.39 is 0 Å². The van der Waals surface area contributed by atoms with Crippen molar-refractivity contribution in [2.75, 3.05) is 6.61 Å². The molecular weight excluding hydrogens is 202 g/mol. The minimum Gasteiger partial charge on any atom is -0.484 e. The summed E-state index contributed by atoms with van der Waals surface area (Å²) in [5.41, 5.74) is 1.18. The average molecular weight is 221 g/mol. The van der Waals surface area contributed by atoms with Crippen LogP contribution in [0.4, 0.5) is 0 Å². The molecule has 3 nitrogen and oxygen atoms in total. The van der Waals surface area contributed by atoms with Gasteiger partial charge in [0.05, 0.1) is 0 Å². The lowest BCUT2D eigenvalue weighted by Crippen LogP contribution is -2.35. The largest absolute Gasteiger partial charge is 0.484 e. The Morgan fingerprint density at radius 1 is 1.38 bits per heavy atom. The standard InChI is InChI=1S/C13H19NO2/c1-4-11(3)14-13(15)9-16-12-7-5-10(2)6-8-12/h5-8,11H,4,9H2,1-3H3,(H,14,15). The van der Waals surface area contributed by atoms with Gasteiger partial charge in [0, 0.05) is 6.04 Å². The lowest BCUT2D eigenvalue weighted by atomic mass is 10.2. The molecule has 0 saturated carbocycles. The molecule has 3 heteroatoms. The van der Waals surface area contributed by atoms with Gasteiger partial charge in [0.25, 0.3) is 5.91 Å². The molecule has 1 atom stereocenters. The molecule has 0 aliphatic heterocycles. The van der Waals surface area contributed by atoms with Crippen molar-refractivity contribution < 1.29 is 9.53 Å². The number of carbonyl (C=O) groups is 1. The van der Waals surface area contributed by atoms with Gasteiger partial charge in [-0.25, -0.2) is 0 Å². The quantitative estimate of drug-likeness (QED) is 0.828. The minimum absolute atomic E-state index is 0.0741. The van der Waals surface area contributed by atoms with Crippen LogP contribution in [0.5, 0.6) is 5.75 Å². The van der Waals surface area contributed by atoms with Crippen LogP contribution in [0.1, 0.15) is 25.8 Å². The van der Waals surface area contributed by atoms with E-state index >= 15 is 0 Å². The average Bonchev–Trinajstić information content (AvgIpc) is 2.28. The van der Waals surface area contributed by atoms with E-state index in [1.165, 1.54) is 5.56 Å². The molecule has 0 fully saturated rings. The van der Waals surface area contributed by atoms with E-state index in [0.29, 0.717) is 0 Å². The molecule has 0 bridgehead atoms. The maximum atomic E-state index is 11.4. The first-order valence-electron chi connectivity index (χ1n) is 5.60. The molecule has 1 aromatic carbocycles. The summed E-state index contributed by atoms with van der Waals surface area (Å²) < 4.78 is 5.36. The third kappa shape index (κ3) is 4.34. The predicted octanol–water partition coefficient (Wildman–Crippen LogP) is 2.29. The Bertz CT molecular complexity index is 332. The number of amides is 1. The zero-order valence-corrected chi connectivity index (χ0v) is 10.1. The monoisotopic (exact) mass is 221 g/mol. The fourth-order valence-corrected chi connectivity index (χ4v) is 1.20. The summed E-state index contributed by atoms with van der Waals surface area (Å²) in [4.78, 5) is 11.4. The van der Waals surface area contributed by atoms with Gasteiger partial charge in [-0.15, -0.1) is 0 Å². The van der Waals surface area contributed by atoms with Crippen LogP contribution in [0, 0.1) is 6.92 Å². The fraction of sp³-hybridized carbons (Fsp3) is 0.462. The number of carbonyl (C=O) groups excluding carboxylic acids is 1. The Labute approximate surface area is 96.8 Å². The molecule has 1 amide bonds. The van der Waals surface area contributed by atoms with Crippen LogP contribution in [0.2, 0.25) is 0 Å². The number of hydrogen-bond donors (Lipinski definition) is 1. The second-order valence-corrected chi connectivity index (χ2v) is 3.98. The molecule has 1 unspecified atom stereocenters. The topological polar surface area (TPSA) is 38.3 Å². The Morgan fingerprint density at radius 3 is 2.56 bits per heavy atom. The van der Waals surface area contributed by atoms with Crippen LogP contribution >= 0.6 is 0 Å². The van der Waals surface area contributed by atoms with Crippen LogP contribution < -0.4 is 10.1 Å². The van der Waals surface area contributed by atoms with Gasteiger partial charge in [-0.05, 0) is 32.4 Å². The van der Waals surface area contributed by atoms with E-state index in [0.717, 1.165) is 12.2 Å². The number of ether oxygens (including phenoxy) is 1. The molecule has 1 N–H and O–H groups in total. The number of benzene rings is 1. The van der Waals surface area contributed by atoms with Crippen LogP contribution in [0.15, 0.2) is 24.3 Å². The molecule has 0 spiro atoms. The highest BCUT2D eigenvalue weighted by atomic mass is 16.5. The molecule has 0 aliphatic rings. The molecule has 1 aromatic rings. The van der Waals surface area contributed by atoms with Gasteiger partial charge < -0.3 is 10.1 Å². The van der Waals surface area contributed by atoms with Crippen molar-refractivity contribution >= 4 is 5.91 Å². The molecule has 0 aliphatic carbocycles. The van der Waals surface area contributed by atoms with E-state index in [1.807, 2.05) is 45.0 Å². The Morgan fingerprint density at radius 2 is 2.00 bits per heavy atom. The molecule has 1 rings (SSSR count). The molecule has 0 saturated heterocycles. The zero-order valence-electron chi connectivity index (χ0n) is 10.1. The molecule has 88 valence electrons. The highest BCUT2D eigenvalue weighted by molar-refractivity contribution is 5.77. The highest BCUT2D eigenvalue weighted by Gasteiger charge is 2.05. The number of aryl methyl sites for hydroxylation is 1. The summed E-state index contributed by atoms with van der Waals surface area (Å²) in [6.45, 7) is 6.10. The van der Waals surface area contributed by atoms with Crippen LogP contribution in [-0.2, 0) is 4.79 Å². The van der Waals surface area contributed by atoms with E-state index in [-0.39, 0.29) is 18.6 Å². The van der Waals surface area contributed by atoms with Gasteiger partial charge in [0.2, 0.25) is 0 Å². The second-order valence-electron chi connectivity index (χ2n) is 3.98. The molecular formula is C13H19NO2. The number of rotatable bonds is 5. The van der Waals surface area contributed by atoms with Crippen LogP contribution in [0.3, 0.4) is 0 Å². The predicted molar refractivity (Wildman–Crippen MR) is 64.6 cm³/mol. The van der Waals surface area contributed by atoms with Crippen LogP contribution in [0.25, 0.3) is 0 Å². The summed E-state index contributed by atoms with van der Waals surface area (Å²) in [6, 6.07) is 7.86. The summed E-state index contributed by atoms with van der Waals surface area (Å²) in [7, 11) is 0. The zero-order chi connectivity index (χ0) is 12.0. The van der Waals surface area contributed by atoms with Crippen molar-refractivity contribution in [3.05, 3.63) is 29.8 Å². The minimum atomic E-state index is -0.0741. The first kappa shape index (κ1) is 12.6. The highest BCUT2D eigenvalue weighted by Crippen LogP contribution is 2.10. The molecule has 0 heterocycles. The lowest BCUT2D eigenvalue weighted by molar-refractivity contribution is -0.123. The van der Waals surface area contributed by atoms with Gasteiger partial charge >= 0.3 is 0 Å². The Balaban J connectivity index is 2.34. The first-order valence-corrected chi connectivity index (χ1v) is 5.60. The first-order chi connectivity index (χ1) is 7.61. The van der Waals surface area contributed by atoms with Crippen LogP contribution in [-0.4, -0.2) is 18.6 Å². The summed E-state index contributed by atoms with van der Waals surface area (Å²) in [5.74, 6) is 0.653. The van der Waals surface area contributed by atoms with Gasteiger partial charge in [-0.1, -0.05) is 24.6 Å². The molecule has 0 radical (unpaired) electrons. The number of hydrogen-bond acceptors (Lipinski definition) is 2. The van der Waals surface area contributed by atoms with Gasteiger partial charge in [-0.2, -0.15) is 0 Å². The van der Waals surface area contributed by atoms with E-state index in [1.54, 1.807) is 0 Å². The van der Waals surface area contributed by atoms with E-state index in [4.69, 9.17) is 4.74 Å². The molecule has 16 heavy (non-hydrogen) atoms. The Hall–Kier alpha value is -1.51. The van der Waals surface area contributed by atoms with Crippen molar-refractivity contribution in [2.24, 2.45) is 0 Å². The van der Waals surface area contributed by atoms with Gasteiger partial charge in [-0.3, -0.25) is 4.79 Å². The third-order valence-electron chi connectivity index (χ3n) is 2.41. The summed E-state index contributed by atoms with van der Waals surface area (Å²) in [6.07, 6.45) is 0.927. The van der Waals surface area contributed by atoms with Crippen molar-refractivity contribution in [1.29, 1.82) is 0 Å². The van der Waals surface area contributed by atoms with Crippen molar-refractivity contribution in [2.45, 2.75) is 33.2 Å². The Kier molecular flexibility index (Phi) is 4.83. The maximum Gasteiger partial charge on any atom is 0.258 e. The van der Waals surface area contributed by atoms with E-state index in [2.05, 4.69) is 5.32 Å². The summed E-state index contributed by atoms with van der Waals surface area (Å²) >= 11 is 0.